The Morgan fingerprint density at radius 3 is 3.00 bits per heavy atom. The van der Waals surface area contributed by atoms with E-state index in [4.69, 9.17) is 4.74 Å². The number of ether oxygens (including phenoxy) is 1. The van der Waals surface area contributed by atoms with Crippen molar-refractivity contribution >= 4 is 33.6 Å². The summed E-state index contributed by atoms with van der Waals surface area (Å²) in [7, 11) is 0. The molecule has 0 radical (unpaired) electrons. The number of aromatic nitrogens is 1. The number of thiophene rings is 1. The van der Waals surface area contributed by atoms with E-state index in [2.05, 4.69) is 20.9 Å². The average molecular weight is 312 g/mol. The highest BCUT2D eigenvalue weighted by molar-refractivity contribution is 9.10. The molecule has 0 saturated carbocycles. The van der Waals surface area contributed by atoms with Gasteiger partial charge in [0, 0.05) is 20.4 Å². The number of nitrogens with zero attached hydrogens (tertiary/aromatic N) is 1. The van der Waals surface area contributed by atoms with Gasteiger partial charge in [-0.3, -0.25) is 4.79 Å². The minimum Gasteiger partial charge on any atom is -0.486 e. The van der Waals surface area contributed by atoms with Gasteiger partial charge in [0.25, 0.3) is 0 Å². The molecule has 0 aliphatic carbocycles. The Morgan fingerprint density at radius 2 is 2.35 bits per heavy atom. The molecule has 0 fully saturated rings. The van der Waals surface area contributed by atoms with Crippen LogP contribution in [0.1, 0.15) is 21.1 Å². The van der Waals surface area contributed by atoms with Crippen LogP contribution in [0.25, 0.3) is 0 Å². The Labute approximate surface area is 112 Å². The van der Waals surface area contributed by atoms with Crippen LogP contribution in [0.2, 0.25) is 0 Å². The predicted molar refractivity (Wildman–Crippen MR) is 70.7 cm³/mol. The first-order valence-electron chi connectivity index (χ1n) is 4.97. The van der Waals surface area contributed by atoms with Gasteiger partial charge in [0.2, 0.25) is 0 Å². The normalized spacial score (nSPS) is 10.2. The van der Waals surface area contributed by atoms with Gasteiger partial charge in [0.15, 0.2) is 6.29 Å². The molecule has 0 saturated heterocycles. The summed E-state index contributed by atoms with van der Waals surface area (Å²) in [5.41, 5.74) is 1.15. The molecule has 2 rings (SSSR count). The summed E-state index contributed by atoms with van der Waals surface area (Å²) < 4.78 is 6.62. The predicted octanol–water partition coefficient (Wildman–Crippen LogP) is 3.61. The maximum atomic E-state index is 10.8. The quantitative estimate of drug-likeness (QED) is 0.810. The fraction of sp³-hybridized carbons (Fsp3) is 0.167. The second-order valence-corrected chi connectivity index (χ2v) is 5.39. The number of pyridine rings is 1. The molecule has 2 aromatic heterocycles. The van der Waals surface area contributed by atoms with Crippen LogP contribution < -0.4 is 4.74 Å². The number of aryl methyl sites for hydroxylation is 1. The van der Waals surface area contributed by atoms with Crippen molar-refractivity contribution in [3.8, 4) is 5.75 Å². The van der Waals surface area contributed by atoms with E-state index in [0.717, 1.165) is 15.0 Å². The molecule has 0 amide bonds. The lowest BCUT2D eigenvalue weighted by Crippen LogP contribution is -1.99. The summed E-state index contributed by atoms with van der Waals surface area (Å²) >= 11 is 4.99. The highest BCUT2D eigenvalue weighted by Gasteiger charge is 2.06. The zero-order valence-electron chi connectivity index (χ0n) is 9.14. The van der Waals surface area contributed by atoms with Crippen molar-refractivity contribution in [2.24, 2.45) is 0 Å². The van der Waals surface area contributed by atoms with Crippen molar-refractivity contribution in [2.75, 3.05) is 0 Å². The topological polar surface area (TPSA) is 39.2 Å². The number of carbonyl (C=O) groups is 1. The molecule has 0 aliphatic rings. The SMILES string of the molecule is Cc1ccc(OCc2cc(Br)cs2)c(C=O)n1. The number of halogens is 1. The molecule has 0 aliphatic heterocycles. The maximum absolute atomic E-state index is 10.8. The van der Waals surface area contributed by atoms with Gasteiger partial charge in [-0.1, -0.05) is 0 Å². The molecule has 3 nitrogen and oxygen atoms in total. The van der Waals surface area contributed by atoms with E-state index in [1.165, 1.54) is 0 Å². The molecule has 0 atom stereocenters. The molecular formula is C12H10BrNO2S. The van der Waals surface area contributed by atoms with Crippen LogP contribution in [-0.4, -0.2) is 11.3 Å². The third-order valence-corrected chi connectivity index (χ3v) is 3.80. The molecule has 0 N–H and O–H groups in total. The first-order valence-corrected chi connectivity index (χ1v) is 6.65. The van der Waals surface area contributed by atoms with Gasteiger partial charge < -0.3 is 4.74 Å². The van der Waals surface area contributed by atoms with Gasteiger partial charge in [-0.15, -0.1) is 11.3 Å². The first kappa shape index (κ1) is 12.3. The lowest BCUT2D eigenvalue weighted by Gasteiger charge is -2.06. The van der Waals surface area contributed by atoms with E-state index in [1.807, 2.05) is 24.4 Å². The largest absolute Gasteiger partial charge is 0.486 e. The first-order chi connectivity index (χ1) is 8.19. The second-order valence-electron chi connectivity index (χ2n) is 3.47. The number of rotatable bonds is 4. The van der Waals surface area contributed by atoms with Crippen LogP contribution in [0.15, 0.2) is 28.1 Å². The van der Waals surface area contributed by atoms with Crippen LogP contribution in [0, 0.1) is 6.92 Å². The van der Waals surface area contributed by atoms with E-state index in [0.29, 0.717) is 24.3 Å². The highest BCUT2D eigenvalue weighted by atomic mass is 79.9. The minimum atomic E-state index is 0.348. The number of hydrogen-bond acceptors (Lipinski definition) is 4. The molecule has 17 heavy (non-hydrogen) atoms. The minimum absolute atomic E-state index is 0.348. The molecule has 2 aromatic rings. The molecule has 0 bridgehead atoms. The lowest BCUT2D eigenvalue weighted by atomic mass is 10.3. The molecule has 2 heterocycles. The third-order valence-electron chi connectivity index (χ3n) is 2.13. The van der Waals surface area contributed by atoms with Gasteiger partial charge in [0.1, 0.15) is 18.1 Å². The Hall–Kier alpha value is -1.20. The summed E-state index contributed by atoms with van der Waals surface area (Å²) in [5, 5.41) is 1.99. The van der Waals surface area contributed by atoms with Crippen LogP contribution >= 0.6 is 27.3 Å². The third kappa shape index (κ3) is 3.14. The van der Waals surface area contributed by atoms with Crippen molar-refractivity contribution in [1.29, 1.82) is 0 Å². The summed E-state index contributed by atoms with van der Waals surface area (Å²) in [6.07, 6.45) is 0.715. The van der Waals surface area contributed by atoms with Crippen molar-refractivity contribution in [2.45, 2.75) is 13.5 Å². The van der Waals surface area contributed by atoms with Gasteiger partial charge in [-0.25, -0.2) is 4.98 Å². The van der Waals surface area contributed by atoms with Crippen LogP contribution in [0.3, 0.4) is 0 Å². The van der Waals surface area contributed by atoms with Crippen molar-refractivity contribution in [1.82, 2.24) is 4.98 Å². The summed E-state index contributed by atoms with van der Waals surface area (Å²) in [6, 6.07) is 5.59. The van der Waals surface area contributed by atoms with E-state index < -0.39 is 0 Å². The number of carbonyl (C=O) groups excluding carboxylic acids is 1. The van der Waals surface area contributed by atoms with Gasteiger partial charge in [0.05, 0.1) is 0 Å². The Kier molecular flexibility index (Phi) is 3.91. The zero-order valence-corrected chi connectivity index (χ0v) is 11.5. The van der Waals surface area contributed by atoms with Crippen LogP contribution in [0.4, 0.5) is 0 Å². The van der Waals surface area contributed by atoms with Gasteiger partial charge >= 0.3 is 0 Å². The second kappa shape index (κ2) is 5.42. The molecule has 0 unspecified atom stereocenters. The molecule has 0 aromatic carbocycles. The lowest BCUT2D eigenvalue weighted by molar-refractivity contribution is 0.111. The van der Waals surface area contributed by atoms with Crippen LogP contribution in [-0.2, 0) is 6.61 Å². The van der Waals surface area contributed by atoms with Crippen molar-refractivity contribution in [3.05, 3.63) is 44.3 Å². The van der Waals surface area contributed by atoms with Crippen molar-refractivity contribution < 1.29 is 9.53 Å². The summed E-state index contributed by atoms with van der Waals surface area (Å²) in [5.74, 6) is 0.523. The number of aldehydes is 1. The van der Waals surface area contributed by atoms with E-state index in [-0.39, 0.29) is 0 Å². The van der Waals surface area contributed by atoms with Gasteiger partial charge in [-0.05, 0) is 41.1 Å². The standard InChI is InChI=1S/C12H10BrNO2S/c1-8-2-3-12(11(5-15)14-8)16-6-10-4-9(13)7-17-10/h2-5,7H,6H2,1H3. The summed E-state index contributed by atoms with van der Waals surface area (Å²) in [4.78, 5) is 16.0. The fourth-order valence-electron chi connectivity index (χ4n) is 1.35. The zero-order chi connectivity index (χ0) is 12.3. The average Bonchev–Trinajstić information content (AvgIpc) is 2.73. The van der Waals surface area contributed by atoms with Crippen molar-refractivity contribution in [3.63, 3.8) is 0 Å². The highest BCUT2D eigenvalue weighted by Crippen LogP contribution is 2.22. The molecule has 5 heteroatoms. The van der Waals surface area contributed by atoms with E-state index >= 15 is 0 Å². The Bertz CT molecular complexity index is 539. The fourth-order valence-corrected chi connectivity index (χ4v) is 2.71. The molecular weight excluding hydrogens is 302 g/mol. The smallest absolute Gasteiger partial charge is 0.172 e. The van der Waals surface area contributed by atoms with E-state index in [1.54, 1.807) is 17.4 Å². The maximum Gasteiger partial charge on any atom is 0.172 e. The Morgan fingerprint density at radius 1 is 1.53 bits per heavy atom. The van der Waals surface area contributed by atoms with Gasteiger partial charge in [-0.2, -0.15) is 0 Å². The Balaban J connectivity index is 2.11. The molecule has 88 valence electrons. The summed E-state index contributed by atoms with van der Waals surface area (Å²) in [6.45, 7) is 2.29. The molecule has 0 spiro atoms. The monoisotopic (exact) mass is 311 g/mol. The number of hydrogen-bond donors (Lipinski definition) is 0. The van der Waals surface area contributed by atoms with E-state index in [9.17, 15) is 4.79 Å². The van der Waals surface area contributed by atoms with Crippen LogP contribution in [0.5, 0.6) is 5.75 Å².